The molecule has 0 unspecified atom stereocenters. The predicted molar refractivity (Wildman–Crippen MR) is 75.0 cm³/mol. The van der Waals surface area contributed by atoms with Crippen LogP contribution >= 0.6 is 22.7 Å². The number of nitrogens with two attached hydrogens (primary N) is 1. The van der Waals surface area contributed by atoms with Crippen LogP contribution in [-0.2, 0) is 0 Å². The fourth-order valence-electron chi connectivity index (χ4n) is 2.00. The maximum Gasteiger partial charge on any atom is 0.260 e. The molecule has 0 saturated carbocycles. The summed E-state index contributed by atoms with van der Waals surface area (Å²) in [5.41, 5.74) is 7.07. The largest absolute Gasteiger partial charge is 0.365 e. The first-order chi connectivity index (χ1) is 9.13. The number of carbonyl (C=O) groups excluding carboxylic acids is 2. The topological polar surface area (TPSA) is 77.5 Å². The maximum atomic E-state index is 11.4. The van der Waals surface area contributed by atoms with Crippen molar-refractivity contribution >= 4 is 39.8 Å². The average Bonchev–Trinajstić information content (AvgIpc) is 3.04. The molecule has 0 aliphatic heterocycles. The normalized spacial score (nSPS) is 11.0. The average molecular weight is 291 g/mol. The molecule has 7 heteroatoms. The van der Waals surface area contributed by atoms with Crippen molar-refractivity contribution in [3.05, 3.63) is 33.8 Å². The van der Waals surface area contributed by atoms with Crippen LogP contribution in [0.2, 0.25) is 0 Å². The zero-order valence-electron chi connectivity index (χ0n) is 9.91. The van der Waals surface area contributed by atoms with Crippen molar-refractivity contribution in [3.8, 4) is 10.6 Å². The molecule has 0 radical (unpaired) electrons. The molecular weight excluding hydrogens is 282 g/mol. The zero-order valence-corrected chi connectivity index (χ0v) is 11.5. The Labute approximate surface area is 116 Å². The Morgan fingerprint density at radius 2 is 2.32 bits per heavy atom. The number of thiazole rings is 1. The van der Waals surface area contributed by atoms with E-state index in [9.17, 15) is 9.59 Å². The summed E-state index contributed by atoms with van der Waals surface area (Å²) in [7, 11) is 0. The highest BCUT2D eigenvalue weighted by atomic mass is 32.1. The summed E-state index contributed by atoms with van der Waals surface area (Å²) in [6.45, 7) is 1.76. The van der Waals surface area contributed by atoms with E-state index in [1.807, 2.05) is 17.5 Å². The summed E-state index contributed by atoms with van der Waals surface area (Å²) in [4.78, 5) is 29.1. The van der Waals surface area contributed by atoms with Crippen molar-refractivity contribution < 1.29 is 9.59 Å². The van der Waals surface area contributed by atoms with Crippen LogP contribution in [0.4, 0.5) is 0 Å². The number of aryl methyl sites for hydroxylation is 1. The maximum absolute atomic E-state index is 11.4. The number of rotatable bonds is 3. The standard InChI is InChI=1S/C12H9N3O2S2/c1-6-10(11(13)17)19-12-14-9(7(5-16)15(6)12)8-3-2-4-18-8/h2-5H,1H3,(H2,13,17). The van der Waals surface area contributed by atoms with Crippen LogP contribution in [0, 0.1) is 6.92 Å². The van der Waals surface area contributed by atoms with Crippen molar-refractivity contribution in [2.24, 2.45) is 5.73 Å². The highest BCUT2D eigenvalue weighted by Crippen LogP contribution is 2.32. The second-order valence-corrected chi connectivity index (χ2v) is 5.86. The molecule has 0 aromatic carbocycles. The van der Waals surface area contributed by atoms with E-state index >= 15 is 0 Å². The Hall–Kier alpha value is -1.99. The van der Waals surface area contributed by atoms with Gasteiger partial charge in [0.25, 0.3) is 5.91 Å². The number of hydrogen-bond acceptors (Lipinski definition) is 5. The van der Waals surface area contributed by atoms with Crippen molar-refractivity contribution in [1.82, 2.24) is 9.38 Å². The number of fused-ring (bicyclic) bond motifs is 1. The zero-order chi connectivity index (χ0) is 13.6. The molecule has 0 aliphatic rings. The lowest BCUT2D eigenvalue weighted by molar-refractivity contribution is 0.100. The first-order valence-electron chi connectivity index (χ1n) is 5.44. The molecule has 3 heterocycles. The van der Waals surface area contributed by atoms with Gasteiger partial charge in [-0.2, -0.15) is 0 Å². The molecule has 0 spiro atoms. The van der Waals surface area contributed by atoms with Gasteiger partial charge in [0.15, 0.2) is 11.2 Å². The van der Waals surface area contributed by atoms with E-state index in [1.165, 1.54) is 22.7 Å². The molecule has 2 N–H and O–H groups in total. The molecule has 0 bridgehead atoms. The van der Waals surface area contributed by atoms with Gasteiger partial charge in [0, 0.05) is 5.69 Å². The van der Waals surface area contributed by atoms with E-state index in [-0.39, 0.29) is 0 Å². The molecule has 3 rings (SSSR count). The van der Waals surface area contributed by atoms with Crippen molar-refractivity contribution in [1.29, 1.82) is 0 Å². The van der Waals surface area contributed by atoms with Crippen LogP contribution in [0.25, 0.3) is 15.5 Å². The number of thiophene rings is 1. The van der Waals surface area contributed by atoms with E-state index in [0.29, 0.717) is 26.9 Å². The SMILES string of the molecule is Cc1c(C(N)=O)sc2nc(-c3cccs3)c(C=O)n12. The number of imidazole rings is 1. The Balaban J connectivity index is 2.34. The van der Waals surface area contributed by atoms with Crippen LogP contribution in [-0.4, -0.2) is 21.6 Å². The van der Waals surface area contributed by atoms with Gasteiger partial charge < -0.3 is 5.73 Å². The Kier molecular flexibility index (Phi) is 2.72. The van der Waals surface area contributed by atoms with E-state index in [1.54, 1.807) is 11.3 Å². The number of carbonyl (C=O) groups is 2. The van der Waals surface area contributed by atoms with Gasteiger partial charge in [-0.05, 0) is 18.4 Å². The number of amides is 1. The van der Waals surface area contributed by atoms with Crippen molar-refractivity contribution in [2.45, 2.75) is 6.92 Å². The molecular formula is C12H9N3O2S2. The second kappa shape index (κ2) is 4.29. The minimum Gasteiger partial charge on any atom is -0.365 e. The third-order valence-electron chi connectivity index (χ3n) is 2.83. The molecule has 1 amide bonds. The molecule has 5 nitrogen and oxygen atoms in total. The molecule has 96 valence electrons. The predicted octanol–water partition coefficient (Wildman–Crippen LogP) is 2.34. The fraction of sp³-hybridized carbons (Fsp3) is 0.0833. The van der Waals surface area contributed by atoms with Crippen LogP contribution in [0.1, 0.15) is 25.9 Å². The summed E-state index contributed by atoms with van der Waals surface area (Å²) in [5.74, 6) is -0.498. The third kappa shape index (κ3) is 1.70. The third-order valence-corrected chi connectivity index (χ3v) is 4.86. The summed E-state index contributed by atoms with van der Waals surface area (Å²) >= 11 is 2.72. The summed E-state index contributed by atoms with van der Waals surface area (Å²) in [6, 6.07) is 3.82. The van der Waals surface area contributed by atoms with Crippen LogP contribution in [0.5, 0.6) is 0 Å². The fourth-order valence-corrected chi connectivity index (χ4v) is 3.71. The molecule has 3 aromatic heterocycles. The Bertz CT molecular complexity index is 784. The van der Waals surface area contributed by atoms with Crippen LogP contribution in [0.3, 0.4) is 0 Å². The van der Waals surface area contributed by atoms with Gasteiger partial charge >= 0.3 is 0 Å². The Morgan fingerprint density at radius 3 is 2.89 bits per heavy atom. The lowest BCUT2D eigenvalue weighted by Crippen LogP contribution is -2.11. The lowest BCUT2D eigenvalue weighted by atomic mass is 10.3. The monoisotopic (exact) mass is 291 g/mol. The molecule has 0 atom stereocenters. The first-order valence-corrected chi connectivity index (χ1v) is 7.13. The second-order valence-electron chi connectivity index (χ2n) is 3.94. The number of primary amides is 1. The summed E-state index contributed by atoms with van der Waals surface area (Å²) in [5, 5.41) is 1.93. The van der Waals surface area contributed by atoms with E-state index in [0.717, 1.165) is 11.2 Å². The van der Waals surface area contributed by atoms with E-state index in [4.69, 9.17) is 5.73 Å². The lowest BCUT2D eigenvalue weighted by Gasteiger charge is -1.97. The van der Waals surface area contributed by atoms with Gasteiger partial charge in [0.1, 0.15) is 16.3 Å². The number of aromatic nitrogens is 2. The Morgan fingerprint density at radius 1 is 1.53 bits per heavy atom. The first kappa shape index (κ1) is 12.1. The van der Waals surface area contributed by atoms with Gasteiger partial charge in [-0.1, -0.05) is 17.4 Å². The van der Waals surface area contributed by atoms with Crippen LogP contribution in [0.15, 0.2) is 17.5 Å². The van der Waals surface area contributed by atoms with Gasteiger partial charge in [-0.25, -0.2) is 4.98 Å². The van der Waals surface area contributed by atoms with Crippen molar-refractivity contribution in [3.63, 3.8) is 0 Å². The van der Waals surface area contributed by atoms with Gasteiger partial charge in [-0.15, -0.1) is 11.3 Å². The number of nitrogens with zero attached hydrogens (tertiary/aromatic N) is 2. The van der Waals surface area contributed by atoms with E-state index in [2.05, 4.69) is 4.98 Å². The molecule has 0 fully saturated rings. The van der Waals surface area contributed by atoms with Crippen molar-refractivity contribution in [2.75, 3.05) is 0 Å². The van der Waals surface area contributed by atoms with Gasteiger partial charge in [-0.3, -0.25) is 14.0 Å². The molecule has 19 heavy (non-hydrogen) atoms. The summed E-state index contributed by atoms with van der Waals surface area (Å²) in [6.07, 6.45) is 0.763. The molecule has 3 aromatic rings. The number of aldehydes is 1. The molecule has 0 aliphatic carbocycles. The highest BCUT2D eigenvalue weighted by molar-refractivity contribution is 7.19. The smallest absolute Gasteiger partial charge is 0.260 e. The quantitative estimate of drug-likeness (QED) is 0.752. The van der Waals surface area contributed by atoms with Gasteiger partial charge in [0.2, 0.25) is 0 Å². The number of hydrogen-bond donors (Lipinski definition) is 1. The molecule has 0 saturated heterocycles. The minimum atomic E-state index is -0.498. The minimum absolute atomic E-state index is 0.434. The van der Waals surface area contributed by atoms with Gasteiger partial charge in [0.05, 0.1) is 4.88 Å². The highest BCUT2D eigenvalue weighted by Gasteiger charge is 2.21. The van der Waals surface area contributed by atoms with E-state index < -0.39 is 5.91 Å². The summed E-state index contributed by atoms with van der Waals surface area (Å²) < 4.78 is 1.69. The van der Waals surface area contributed by atoms with Crippen LogP contribution < -0.4 is 5.73 Å².